The van der Waals surface area contributed by atoms with Gasteiger partial charge in [0, 0.05) is 19.2 Å². The number of hydrogen-bond donors (Lipinski definition) is 1. The fraction of sp³-hybridized carbons (Fsp3) is 0.812. The van der Waals surface area contributed by atoms with Gasteiger partial charge in [-0.2, -0.15) is 0 Å². The van der Waals surface area contributed by atoms with Crippen LogP contribution in [0.5, 0.6) is 0 Å². The maximum Gasteiger partial charge on any atom is 0.303 e. The van der Waals surface area contributed by atoms with E-state index in [1.165, 1.54) is 57.8 Å². The second kappa shape index (κ2) is 12.4. The van der Waals surface area contributed by atoms with Crippen molar-refractivity contribution in [2.45, 2.75) is 83.6 Å². The van der Waals surface area contributed by atoms with Gasteiger partial charge in [-0.15, -0.1) is 5.10 Å². The normalized spacial score (nSPS) is 10.9. The van der Waals surface area contributed by atoms with Gasteiger partial charge in [0.15, 0.2) is 0 Å². The molecule has 0 saturated heterocycles. The topological polar surface area (TPSA) is 68.0 Å². The minimum Gasteiger partial charge on any atom is -0.481 e. The molecule has 0 aliphatic carbocycles. The molecule has 0 bridgehead atoms. The lowest BCUT2D eigenvalue weighted by Crippen LogP contribution is -1.98. The summed E-state index contributed by atoms with van der Waals surface area (Å²) in [6, 6.07) is 0. The smallest absolute Gasteiger partial charge is 0.303 e. The van der Waals surface area contributed by atoms with Gasteiger partial charge < -0.3 is 5.11 Å². The highest BCUT2D eigenvalue weighted by Crippen LogP contribution is 2.12. The first kappa shape index (κ1) is 17.7. The maximum atomic E-state index is 10.3. The van der Waals surface area contributed by atoms with Crippen LogP contribution in [0, 0.1) is 0 Å². The fourth-order valence-corrected chi connectivity index (χ4v) is 2.49. The van der Waals surface area contributed by atoms with Crippen molar-refractivity contribution >= 4 is 5.97 Å². The summed E-state index contributed by atoms with van der Waals surface area (Å²) in [4.78, 5) is 10.3. The van der Waals surface area contributed by atoms with Crippen molar-refractivity contribution < 1.29 is 9.90 Å². The second-order valence-corrected chi connectivity index (χ2v) is 5.70. The molecule has 0 spiro atoms. The highest BCUT2D eigenvalue weighted by Gasteiger charge is 1.97. The highest BCUT2D eigenvalue weighted by atomic mass is 16.4. The molecule has 0 aliphatic rings. The first-order valence-corrected chi connectivity index (χ1v) is 8.35. The fourth-order valence-electron chi connectivity index (χ4n) is 2.49. The van der Waals surface area contributed by atoms with Crippen LogP contribution in [-0.2, 0) is 11.3 Å². The average molecular weight is 295 g/mol. The van der Waals surface area contributed by atoms with Crippen LogP contribution in [0.25, 0.3) is 0 Å². The highest BCUT2D eigenvalue weighted by molar-refractivity contribution is 5.66. The summed E-state index contributed by atoms with van der Waals surface area (Å²) in [5.74, 6) is -0.668. The Bertz CT molecular complexity index is 352. The number of aromatic nitrogens is 3. The minimum atomic E-state index is -0.668. The summed E-state index contributed by atoms with van der Waals surface area (Å²) < 4.78 is 1.89. The van der Waals surface area contributed by atoms with E-state index in [2.05, 4.69) is 10.3 Å². The second-order valence-electron chi connectivity index (χ2n) is 5.70. The van der Waals surface area contributed by atoms with Crippen LogP contribution in [-0.4, -0.2) is 26.1 Å². The number of nitrogens with zero attached hydrogens (tertiary/aromatic N) is 3. The van der Waals surface area contributed by atoms with E-state index in [1.54, 1.807) is 6.20 Å². The first-order valence-electron chi connectivity index (χ1n) is 8.35. The zero-order valence-corrected chi connectivity index (χ0v) is 13.0. The van der Waals surface area contributed by atoms with Crippen molar-refractivity contribution in [2.24, 2.45) is 0 Å². The lowest BCUT2D eigenvalue weighted by atomic mass is 10.1. The van der Waals surface area contributed by atoms with E-state index in [4.69, 9.17) is 5.11 Å². The van der Waals surface area contributed by atoms with Crippen molar-refractivity contribution in [2.75, 3.05) is 0 Å². The van der Waals surface area contributed by atoms with Crippen molar-refractivity contribution in [1.82, 2.24) is 15.0 Å². The number of aryl methyl sites for hydroxylation is 1. The Morgan fingerprint density at radius 3 is 1.86 bits per heavy atom. The van der Waals surface area contributed by atoms with Gasteiger partial charge in [-0.05, 0) is 12.8 Å². The molecule has 0 aromatic carbocycles. The Balaban J connectivity index is 1.72. The number of rotatable bonds is 14. The Kier molecular flexibility index (Phi) is 10.4. The van der Waals surface area contributed by atoms with Crippen LogP contribution < -0.4 is 0 Å². The van der Waals surface area contributed by atoms with Crippen LogP contribution in [0.1, 0.15) is 77.0 Å². The molecule has 0 amide bonds. The van der Waals surface area contributed by atoms with Crippen LogP contribution in [0.4, 0.5) is 0 Å². The molecular weight excluding hydrogens is 266 g/mol. The minimum absolute atomic E-state index is 0.328. The predicted octanol–water partition coefficient (Wildman–Crippen LogP) is 4.04. The van der Waals surface area contributed by atoms with Crippen molar-refractivity contribution in [3.05, 3.63) is 12.4 Å². The van der Waals surface area contributed by atoms with Gasteiger partial charge in [-0.1, -0.05) is 63.0 Å². The molecule has 5 nitrogen and oxygen atoms in total. The summed E-state index contributed by atoms with van der Waals surface area (Å²) in [5.41, 5.74) is 0. The summed E-state index contributed by atoms with van der Waals surface area (Å²) in [6.45, 7) is 0.982. The van der Waals surface area contributed by atoms with Gasteiger partial charge in [0.05, 0.1) is 6.20 Å². The number of carboxylic acids is 1. The molecule has 0 aliphatic heterocycles. The summed E-state index contributed by atoms with van der Waals surface area (Å²) in [6.07, 6.45) is 17.4. The summed E-state index contributed by atoms with van der Waals surface area (Å²) >= 11 is 0. The van der Waals surface area contributed by atoms with E-state index in [0.717, 1.165) is 19.4 Å². The Morgan fingerprint density at radius 2 is 1.38 bits per heavy atom. The zero-order valence-electron chi connectivity index (χ0n) is 13.0. The number of aliphatic carboxylic acids is 1. The molecule has 1 aromatic rings. The monoisotopic (exact) mass is 295 g/mol. The van der Waals surface area contributed by atoms with E-state index >= 15 is 0 Å². The quantitative estimate of drug-likeness (QED) is 0.526. The molecule has 1 aromatic heterocycles. The van der Waals surface area contributed by atoms with Gasteiger partial charge in [-0.3, -0.25) is 9.48 Å². The molecule has 1 N–H and O–H groups in total. The maximum absolute atomic E-state index is 10.3. The predicted molar refractivity (Wildman–Crippen MR) is 83.1 cm³/mol. The molecule has 1 heterocycles. The van der Waals surface area contributed by atoms with Crippen molar-refractivity contribution in [3.8, 4) is 0 Å². The van der Waals surface area contributed by atoms with Crippen LogP contribution in [0.2, 0.25) is 0 Å². The third kappa shape index (κ3) is 11.0. The van der Waals surface area contributed by atoms with E-state index in [-0.39, 0.29) is 0 Å². The number of unbranched alkanes of at least 4 members (excludes halogenated alkanes) is 10. The molecule has 5 heteroatoms. The lowest BCUT2D eigenvalue weighted by molar-refractivity contribution is -0.137. The number of hydrogen-bond acceptors (Lipinski definition) is 3. The largest absolute Gasteiger partial charge is 0.481 e. The Labute approximate surface area is 127 Å². The standard InChI is InChI=1S/C16H29N3O2/c20-16(21)12-10-8-6-4-2-1-3-5-7-9-11-14-19-15-13-17-18-19/h13,15H,1-12,14H2,(H,20,21). The van der Waals surface area contributed by atoms with E-state index < -0.39 is 5.97 Å². The van der Waals surface area contributed by atoms with E-state index in [1.807, 2.05) is 10.9 Å². The van der Waals surface area contributed by atoms with Crippen LogP contribution >= 0.6 is 0 Å². The molecule has 0 atom stereocenters. The van der Waals surface area contributed by atoms with Crippen LogP contribution in [0.15, 0.2) is 12.4 Å². The third-order valence-corrected chi connectivity index (χ3v) is 3.75. The summed E-state index contributed by atoms with van der Waals surface area (Å²) in [7, 11) is 0. The van der Waals surface area contributed by atoms with Gasteiger partial charge in [0.25, 0.3) is 0 Å². The molecule has 0 radical (unpaired) electrons. The van der Waals surface area contributed by atoms with Gasteiger partial charge in [-0.25, -0.2) is 0 Å². The SMILES string of the molecule is O=C(O)CCCCCCCCCCCCCn1ccnn1. The lowest BCUT2D eigenvalue weighted by Gasteiger charge is -2.03. The Morgan fingerprint density at radius 1 is 0.857 bits per heavy atom. The number of carbonyl (C=O) groups is 1. The molecule has 0 saturated carbocycles. The molecule has 0 fully saturated rings. The van der Waals surface area contributed by atoms with E-state index in [9.17, 15) is 4.79 Å². The molecule has 21 heavy (non-hydrogen) atoms. The van der Waals surface area contributed by atoms with Crippen molar-refractivity contribution in [3.63, 3.8) is 0 Å². The molecular formula is C16H29N3O2. The average Bonchev–Trinajstić information content (AvgIpc) is 2.97. The van der Waals surface area contributed by atoms with E-state index in [0.29, 0.717) is 6.42 Å². The molecule has 1 rings (SSSR count). The Hall–Kier alpha value is -1.39. The third-order valence-electron chi connectivity index (χ3n) is 3.75. The van der Waals surface area contributed by atoms with Gasteiger partial charge in [0.1, 0.15) is 0 Å². The zero-order chi connectivity index (χ0) is 15.2. The summed E-state index contributed by atoms with van der Waals surface area (Å²) in [5, 5.41) is 16.3. The van der Waals surface area contributed by atoms with Gasteiger partial charge in [0.2, 0.25) is 0 Å². The van der Waals surface area contributed by atoms with Gasteiger partial charge >= 0.3 is 5.97 Å². The van der Waals surface area contributed by atoms with Crippen molar-refractivity contribution in [1.29, 1.82) is 0 Å². The molecule has 120 valence electrons. The van der Waals surface area contributed by atoms with Crippen LogP contribution in [0.3, 0.4) is 0 Å². The number of carboxylic acid groups (broad SMARTS) is 1. The molecule has 0 unspecified atom stereocenters. The first-order chi connectivity index (χ1) is 10.3.